The second kappa shape index (κ2) is 6.75. The number of fused-ring (bicyclic) bond motifs is 1. The van der Waals surface area contributed by atoms with Gasteiger partial charge in [-0.25, -0.2) is 4.39 Å². The predicted octanol–water partition coefficient (Wildman–Crippen LogP) is 3.93. The maximum atomic E-state index is 13.6. The third-order valence-corrected chi connectivity index (χ3v) is 4.15. The number of amides is 1. The van der Waals surface area contributed by atoms with Gasteiger partial charge < -0.3 is 14.8 Å². The van der Waals surface area contributed by atoms with E-state index < -0.39 is 5.82 Å². The van der Waals surface area contributed by atoms with Crippen molar-refractivity contribution in [2.75, 3.05) is 6.61 Å². The normalized spacial score (nSPS) is 18.0. The average molecular weight is 343 g/mol. The zero-order valence-corrected chi connectivity index (χ0v) is 14.6. The Bertz CT molecular complexity index is 788. The summed E-state index contributed by atoms with van der Waals surface area (Å²) in [5.41, 5.74) is 1.68. The Morgan fingerprint density at radius 3 is 2.84 bits per heavy atom. The van der Waals surface area contributed by atoms with E-state index in [0.717, 1.165) is 16.9 Å². The van der Waals surface area contributed by atoms with Gasteiger partial charge in [-0.05, 0) is 39.0 Å². The monoisotopic (exact) mass is 343 g/mol. The number of ether oxygens (including phenoxy) is 2. The van der Waals surface area contributed by atoms with Crippen LogP contribution < -0.4 is 14.8 Å². The SMILES string of the molecule is Cc1ccc2c(c1)C(NC(=O)COc1ccccc1F)CC(C)(C)O2. The van der Waals surface area contributed by atoms with E-state index in [1.165, 1.54) is 12.1 Å². The maximum Gasteiger partial charge on any atom is 0.258 e. The van der Waals surface area contributed by atoms with E-state index in [0.29, 0.717) is 6.42 Å². The Balaban J connectivity index is 1.70. The minimum atomic E-state index is -0.483. The second-order valence-electron chi connectivity index (χ2n) is 6.95. The average Bonchev–Trinajstić information content (AvgIpc) is 2.54. The summed E-state index contributed by atoms with van der Waals surface area (Å²) >= 11 is 0. The Morgan fingerprint density at radius 2 is 2.08 bits per heavy atom. The first-order valence-electron chi connectivity index (χ1n) is 8.30. The van der Waals surface area contributed by atoms with Gasteiger partial charge in [-0.2, -0.15) is 0 Å². The lowest BCUT2D eigenvalue weighted by atomic mass is 9.89. The fraction of sp³-hybridized carbons (Fsp3) is 0.350. The number of hydrogen-bond acceptors (Lipinski definition) is 3. The van der Waals surface area contributed by atoms with Crippen molar-refractivity contribution in [1.29, 1.82) is 0 Å². The molecular weight excluding hydrogens is 321 g/mol. The summed E-state index contributed by atoms with van der Waals surface area (Å²) < 4.78 is 24.9. The lowest BCUT2D eigenvalue weighted by molar-refractivity contribution is -0.124. The van der Waals surface area contributed by atoms with Crippen LogP contribution in [-0.2, 0) is 4.79 Å². The molecule has 0 saturated carbocycles. The molecule has 0 aliphatic carbocycles. The Kier molecular flexibility index (Phi) is 4.66. The largest absolute Gasteiger partial charge is 0.487 e. The number of halogens is 1. The van der Waals surface area contributed by atoms with Gasteiger partial charge >= 0.3 is 0 Å². The molecule has 25 heavy (non-hydrogen) atoms. The highest BCUT2D eigenvalue weighted by Crippen LogP contribution is 2.39. The summed E-state index contributed by atoms with van der Waals surface area (Å²) in [6.45, 7) is 5.75. The van der Waals surface area contributed by atoms with Crippen molar-refractivity contribution in [3.05, 3.63) is 59.4 Å². The molecule has 4 nitrogen and oxygen atoms in total. The molecule has 0 fully saturated rings. The van der Waals surface area contributed by atoms with Crippen LogP contribution in [0.1, 0.15) is 37.4 Å². The van der Waals surface area contributed by atoms with E-state index in [2.05, 4.69) is 5.32 Å². The molecule has 3 rings (SSSR count). The quantitative estimate of drug-likeness (QED) is 0.915. The number of rotatable bonds is 4. The number of carbonyl (C=O) groups is 1. The minimum Gasteiger partial charge on any atom is -0.487 e. The fourth-order valence-corrected chi connectivity index (χ4v) is 3.04. The van der Waals surface area contributed by atoms with Gasteiger partial charge in [-0.15, -0.1) is 0 Å². The zero-order chi connectivity index (χ0) is 18.0. The summed E-state index contributed by atoms with van der Waals surface area (Å²) in [5, 5.41) is 2.98. The summed E-state index contributed by atoms with van der Waals surface area (Å²) in [6, 6.07) is 11.8. The standard InChI is InChI=1S/C20H22FNO3/c1-13-8-9-17-14(10-13)16(11-20(2,3)25-17)22-19(23)12-24-18-7-5-4-6-15(18)21/h4-10,16H,11-12H2,1-3H3,(H,22,23). The van der Waals surface area contributed by atoms with Crippen LogP contribution in [0.25, 0.3) is 0 Å². The van der Waals surface area contributed by atoms with Gasteiger partial charge in [0, 0.05) is 12.0 Å². The molecule has 0 saturated heterocycles. The molecule has 2 aromatic rings. The summed E-state index contributed by atoms with van der Waals surface area (Å²) in [6.07, 6.45) is 0.648. The number of nitrogens with one attached hydrogen (secondary N) is 1. The number of para-hydroxylation sites is 1. The molecule has 1 amide bonds. The van der Waals surface area contributed by atoms with Crippen molar-refractivity contribution in [2.45, 2.75) is 38.8 Å². The third kappa shape index (κ3) is 4.10. The predicted molar refractivity (Wildman–Crippen MR) is 93.3 cm³/mol. The molecule has 132 valence electrons. The Hall–Kier alpha value is -2.56. The van der Waals surface area contributed by atoms with E-state index in [9.17, 15) is 9.18 Å². The Morgan fingerprint density at radius 1 is 1.32 bits per heavy atom. The number of aryl methyl sites for hydroxylation is 1. The number of hydrogen-bond donors (Lipinski definition) is 1. The summed E-state index contributed by atoms with van der Waals surface area (Å²) in [5.74, 6) is 0.0743. The van der Waals surface area contributed by atoms with E-state index >= 15 is 0 Å². The summed E-state index contributed by atoms with van der Waals surface area (Å²) in [4.78, 5) is 12.3. The van der Waals surface area contributed by atoms with Crippen LogP contribution in [0.15, 0.2) is 42.5 Å². The van der Waals surface area contributed by atoms with E-state index in [1.807, 2.05) is 39.0 Å². The highest BCUT2D eigenvalue weighted by Gasteiger charge is 2.34. The first kappa shape index (κ1) is 17.3. The third-order valence-electron chi connectivity index (χ3n) is 4.15. The fourth-order valence-electron chi connectivity index (χ4n) is 3.04. The number of carbonyl (C=O) groups excluding carboxylic acids is 1. The van der Waals surface area contributed by atoms with Gasteiger partial charge in [0.15, 0.2) is 18.2 Å². The molecular formula is C20H22FNO3. The van der Waals surface area contributed by atoms with Crippen molar-refractivity contribution in [1.82, 2.24) is 5.32 Å². The molecule has 0 bridgehead atoms. The van der Waals surface area contributed by atoms with Crippen LogP contribution in [0.2, 0.25) is 0 Å². The van der Waals surface area contributed by atoms with Crippen LogP contribution in [0.5, 0.6) is 11.5 Å². The maximum absolute atomic E-state index is 13.6. The van der Waals surface area contributed by atoms with Gasteiger partial charge in [0.1, 0.15) is 11.4 Å². The lowest BCUT2D eigenvalue weighted by Crippen LogP contribution is -2.42. The highest BCUT2D eigenvalue weighted by atomic mass is 19.1. The topological polar surface area (TPSA) is 47.6 Å². The van der Waals surface area contributed by atoms with Gasteiger partial charge in [-0.3, -0.25) is 4.79 Å². The smallest absolute Gasteiger partial charge is 0.258 e. The molecule has 2 aromatic carbocycles. The van der Waals surface area contributed by atoms with Crippen molar-refractivity contribution in [2.24, 2.45) is 0 Å². The van der Waals surface area contributed by atoms with Crippen LogP contribution in [0.3, 0.4) is 0 Å². The molecule has 0 aromatic heterocycles. The molecule has 0 spiro atoms. The molecule has 1 unspecified atom stereocenters. The highest BCUT2D eigenvalue weighted by molar-refractivity contribution is 5.78. The van der Waals surface area contributed by atoms with E-state index in [4.69, 9.17) is 9.47 Å². The second-order valence-corrected chi connectivity index (χ2v) is 6.95. The number of benzene rings is 2. The van der Waals surface area contributed by atoms with E-state index in [-0.39, 0.29) is 29.9 Å². The molecule has 1 heterocycles. The zero-order valence-electron chi connectivity index (χ0n) is 14.6. The van der Waals surface area contributed by atoms with Crippen LogP contribution >= 0.6 is 0 Å². The first-order valence-corrected chi connectivity index (χ1v) is 8.30. The molecule has 1 aliphatic heterocycles. The molecule has 5 heteroatoms. The molecule has 1 aliphatic rings. The van der Waals surface area contributed by atoms with Crippen molar-refractivity contribution in [3.8, 4) is 11.5 Å². The van der Waals surface area contributed by atoms with Crippen LogP contribution in [0.4, 0.5) is 4.39 Å². The lowest BCUT2D eigenvalue weighted by Gasteiger charge is -2.38. The van der Waals surface area contributed by atoms with Crippen LogP contribution in [0, 0.1) is 12.7 Å². The first-order chi connectivity index (χ1) is 11.8. The summed E-state index contributed by atoms with van der Waals surface area (Å²) in [7, 11) is 0. The van der Waals surface area contributed by atoms with Gasteiger partial charge in [-0.1, -0.05) is 29.8 Å². The van der Waals surface area contributed by atoms with Crippen molar-refractivity contribution in [3.63, 3.8) is 0 Å². The van der Waals surface area contributed by atoms with Crippen molar-refractivity contribution < 1.29 is 18.7 Å². The molecule has 1 atom stereocenters. The molecule has 1 N–H and O–H groups in total. The van der Waals surface area contributed by atoms with Crippen molar-refractivity contribution >= 4 is 5.91 Å². The van der Waals surface area contributed by atoms with Gasteiger partial charge in [0.05, 0.1) is 6.04 Å². The van der Waals surface area contributed by atoms with Crippen LogP contribution in [-0.4, -0.2) is 18.1 Å². The molecule has 0 radical (unpaired) electrons. The Labute approximate surface area is 147 Å². The van der Waals surface area contributed by atoms with E-state index in [1.54, 1.807) is 12.1 Å². The van der Waals surface area contributed by atoms with Gasteiger partial charge in [0.25, 0.3) is 5.91 Å². The minimum absolute atomic E-state index is 0.0706. The van der Waals surface area contributed by atoms with Gasteiger partial charge in [0.2, 0.25) is 0 Å².